The Morgan fingerprint density at radius 3 is 3.56 bits per heavy atom. The van der Waals surface area contributed by atoms with Gasteiger partial charge in [-0.3, -0.25) is 0 Å². The minimum absolute atomic E-state index is 0.925. The van der Waals surface area contributed by atoms with Gasteiger partial charge in [0.1, 0.15) is 11.4 Å². The van der Waals surface area contributed by atoms with Crippen LogP contribution in [0.3, 0.4) is 0 Å². The van der Waals surface area contributed by atoms with E-state index in [4.69, 9.17) is 0 Å². The van der Waals surface area contributed by atoms with Crippen molar-refractivity contribution in [3.63, 3.8) is 0 Å². The molecule has 2 rings (SSSR count). The molecule has 9 heavy (non-hydrogen) atoms. The minimum atomic E-state index is 0.925. The van der Waals surface area contributed by atoms with Gasteiger partial charge in [-0.05, 0) is 0 Å². The van der Waals surface area contributed by atoms with E-state index in [1.165, 1.54) is 0 Å². The average molecular weight is 139 g/mol. The lowest BCUT2D eigenvalue weighted by Crippen LogP contribution is -1.88. The van der Waals surface area contributed by atoms with E-state index in [0.29, 0.717) is 0 Å². The Morgan fingerprint density at radius 1 is 1.67 bits per heavy atom. The van der Waals surface area contributed by atoms with E-state index in [1.54, 1.807) is 24.3 Å². The fourth-order valence-electron chi connectivity index (χ4n) is 0.737. The lowest BCUT2D eigenvalue weighted by atomic mass is 10.5. The normalized spacial score (nSPS) is 14.7. The Balaban J connectivity index is 2.54. The summed E-state index contributed by atoms with van der Waals surface area (Å²) in [6, 6.07) is 0. The summed E-state index contributed by atoms with van der Waals surface area (Å²) in [4.78, 5) is 7.92. The number of aromatic nitrogens is 2. The SMILES string of the molecule is c1ncc2c(n1)SCN2. The van der Waals surface area contributed by atoms with Gasteiger partial charge in [0, 0.05) is 0 Å². The van der Waals surface area contributed by atoms with Gasteiger partial charge in [-0.15, -0.1) is 0 Å². The number of anilines is 1. The lowest BCUT2D eigenvalue weighted by molar-refractivity contribution is 1.06. The highest BCUT2D eigenvalue weighted by Gasteiger charge is 2.09. The molecule has 0 aromatic carbocycles. The van der Waals surface area contributed by atoms with E-state index in [9.17, 15) is 0 Å². The summed E-state index contributed by atoms with van der Waals surface area (Å²) in [5.41, 5.74) is 1.06. The second-order valence-corrected chi connectivity index (χ2v) is 2.67. The van der Waals surface area contributed by atoms with Crippen LogP contribution in [0.4, 0.5) is 5.69 Å². The fraction of sp³-hybridized carbons (Fsp3) is 0.200. The molecule has 0 radical (unpaired) electrons. The summed E-state index contributed by atoms with van der Waals surface area (Å²) < 4.78 is 0. The number of nitrogens with one attached hydrogen (secondary N) is 1. The average Bonchev–Trinajstić information content (AvgIpc) is 2.33. The molecule has 0 saturated heterocycles. The molecule has 0 aliphatic carbocycles. The van der Waals surface area contributed by atoms with Crippen LogP contribution in [0.5, 0.6) is 0 Å². The zero-order valence-electron chi connectivity index (χ0n) is 4.66. The Bertz CT molecular complexity index is 202. The maximum Gasteiger partial charge on any atom is 0.124 e. The molecule has 0 fully saturated rings. The molecule has 0 saturated carbocycles. The first-order chi connectivity index (χ1) is 4.47. The predicted molar refractivity (Wildman–Crippen MR) is 36.4 cm³/mol. The number of hydrogen-bond donors (Lipinski definition) is 1. The third-order valence-corrected chi connectivity index (χ3v) is 2.03. The molecule has 4 heteroatoms. The van der Waals surface area contributed by atoms with Gasteiger partial charge in [0.25, 0.3) is 0 Å². The van der Waals surface area contributed by atoms with Crippen molar-refractivity contribution in [3.05, 3.63) is 12.5 Å². The Kier molecular flexibility index (Phi) is 1.05. The van der Waals surface area contributed by atoms with Gasteiger partial charge < -0.3 is 5.32 Å². The summed E-state index contributed by atoms with van der Waals surface area (Å²) in [5, 5.41) is 4.20. The molecule has 2 heterocycles. The van der Waals surface area contributed by atoms with Gasteiger partial charge in [-0.25, -0.2) is 9.97 Å². The molecule has 0 bridgehead atoms. The third kappa shape index (κ3) is 0.751. The van der Waals surface area contributed by atoms with Crippen molar-refractivity contribution < 1.29 is 0 Å². The van der Waals surface area contributed by atoms with Crippen molar-refractivity contribution in [2.75, 3.05) is 11.2 Å². The molecule has 1 N–H and O–H groups in total. The van der Waals surface area contributed by atoms with Crippen LogP contribution in [0.25, 0.3) is 0 Å². The van der Waals surface area contributed by atoms with Crippen LogP contribution in [-0.2, 0) is 0 Å². The summed E-state index contributed by atoms with van der Waals surface area (Å²) in [6.45, 7) is 0. The van der Waals surface area contributed by atoms with Gasteiger partial charge in [-0.1, -0.05) is 11.8 Å². The highest BCUT2D eigenvalue weighted by Crippen LogP contribution is 2.29. The third-order valence-electron chi connectivity index (χ3n) is 1.15. The smallest absolute Gasteiger partial charge is 0.124 e. The second-order valence-electron chi connectivity index (χ2n) is 1.71. The Hall–Kier alpha value is -0.770. The van der Waals surface area contributed by atoms with Crippen LogP contribution in [0.1, 0.15) is 0 Å². The largest absolute Gasteiger partial charge is 0.372 e. The lowest BCUT2D eigenvalue weighted by Gasteiger charge is -1.91. The van der Waals surface area contributed by atoms with Crippen molar-refractivity contribution in [3.8, 4) is 0 Å². The van der Waals surface area contributed by atoms with Crippen molar-refractivity contribution in [1.82, 2.24) is 9.97 Å². The van der Waals surface area contributed by atoms with Gasteiger partial charge >= 0.3 is 0 Å². The van der Waals surface area contributed by atoms with Gasteiger partial charge in [-0.2, -0.15) is 0 Å². The van der Waals surface area contributed by atoms with Crippen LogP contribution in [0.15, 0.2) is 17.6 Å². The monoisotopic (exact) mass is 139 g/mol. The molecule has 0 unspecified atom stereocenters. The number of fused-ring (bicyclic) bond motifs is 1. The van der Waals surface area contributed by atoms with Crippen LogP contribution < -0.4 is 5.32 Å². The van der Waals surface area contributed by atoms with Crippen molar-refractivity contribution in [2.24, 2.45) is 0 Å². The van der Waals surface area contributed by atoms with Crippen molar-refractivity contribution >= 4 is 17.4 Å². The highest BCUT2D eigenvalue weighted by molar-refractivity contribution is 7.99. The maximum absolute atomic E-state index is 4.05. The van der Waals surface area contributed by atoms with E-state index in [-0.39, 0.29) is 0 Å². The maximum atomic E-state index is 4.05. The zero-order valence-corrected chi connectivity index (χ0v) is 5.48. The number of thioether (sulfide) groups is 1. The van der Waals surface area contributed by atoms with E-state index in [2.05, 4.69) is 15.3 Å². The van der Waals surface area contributed by atoms with Gasteiger partial charge in [0.15, 0.2) is 0 Å². The van der Waals surface area contributed by atoms with Crippen LogP contribution in [0, 0.1) is 0 Å². The zero-order chi connectivity index (χ0) is 6.10. The number of hydrogen-bond acceptors (Lipinski definition) is 4. The molecule has 0 amide bonds. The van der Waals surface area contributed by atoms with Gasteiger partial charge in [0.2, 0.25) is 0 Å². The molecule has 1 aliphatic heterocycles. The second kappa shape index (κ2) is 1.88. The Labute approximate surface area is 56.9 Å². The highest BCUT2D eigenvalue weighted by atomic mass is 32.2. The molecule has 1 aromatic heterocycles. The molecule has 1 aromatic rings. The first kappa shape index (κ1) is 5.05. The molecular formula is C5H5N3S. The summed E-state index contributed by atoms with van der Waals surface area (Å²) in [7, 11) is 0. The first-order valence-electron chi connectivity index (χ1n) is 2.63. The number of nitrogens with zero attached hydrogens (tertiary/aromatic N) is 2. The van der Waals surface area contributed by atoms with Crippen molar-refractivity contribution in [1.29, 1.82) is 0 Å². The van der Waals surface area contributed by atoms with Gasteiger partial charge in [0.05, 0.1) is 17.8 Å². The number of rotatable bonds is 0. The van der Waals surface area contributed by atoms with Crippen LogP contribution >= 0.6 is 11.8 Å². The molecular weight excluding hydrogens is 134 g/mol. The fourth-order valence-corrected chi connectivity index (χ4v) is 1.50. The predicted octanol–water partition coefficient (Wildman–Crippen LogP) is 0.952. The van der Waals surface area contributed by atoms with Crippen LogP contribution in [-0.4, -0.2) is 15.8 Å². The quantitative estimate of drug-likeness (QED) is 0.543. The minimum Gasteiger partial charge on any atom is -0.372 e. The molecule has 3 nitrogen and oxygen atoms in total. The van der Waals surface area contributed by atoms with E-state index in [1.807, 2.05) is 0 Å². The van der Waals surface area contributed by atoms with Crippen LogP contribution in [0.2, 0.25) is 0 Å². The molecule has 1 aliphatic rings. The Morgan fingerprint density at radius 2 is 2.67 bits per heavy atom. The molecule has 0 spiro atoms. The summed E-state index contributed by atoms with van der Waals surface area (Å²) >= 11 is 1.71. The van der Waals surface area contributed by atoms with E-state index >= 15 is 0 Å². The molecule has 0 atom stereocenters. The topological polar surface area (TPSA) is 37.8 Å². The first-order valence-corrected chi connectivity index (χ1v) is 3.62. The van der Waals surface area contributed by atoms with E-state index < -0.39 is 0 Å². The summed E-state index contributed by atoms with van der Waals surface area (Å²) in [6.07, 6.45) is 3.36. The van der Waals surface area contributed by atoms with E-state index in [0.717, 1.165) is 16.6 Å². The molecule has 46 valence electrons. The summed E-state index contributed by atoms with van der Waals surface area (Å²) in [5.74, 6) is 0.925. The standard InChI is InChI=1S/C5H5N3S/c1-4-5(7-2-6-1)9-3-8-4/h1-2,8H,3H2. The van der Waals surface area contributed by atoms with Crippen molar-refractivity contribution in [2.45, 2.75) is 5.03 Å².